The number of nitrogens with one attached hydrogen (secondary N) is 1. The lowest BCUT2D eigenvalue weighted by Crippen LogP contribution is -2.41. The average Bonchev–Trinajstić information content (AvgIpc) is 2.79. The number of fused-ring (bicyclic) bond motifs is 1. The summed E-state index contributed by atoms with van der Waals surface area (Å²) < 4.78 is 27.8. The molecule has 0 atom stereocenters. The van der Waals surface area contributed by atoms with Crippen LogP contribution in [0, 0.1) is 5.92 Å². The predicted octanol–water partition coefficient (Wildman–Crippen LogP) is 4.17. The average molecular weight is 427 g/mol. The number of rotatable bonds is 5. The summed E-state index contributed by atoms with van der Waals surface area (Å²) in [6, 6.07) is 13.4. The van der Waals surface area contributed by atoms with Gasteiger partial charge in [-0.25, -0.2) is 8.42 Å². The molecule has 4 rings (SSSR count). The molecule has 30 heavy (non-hydrogen) atoms. The Morgan fingerprint density at radius 1 is 1.03 bits per heavy atom. The molecule has 1 amide bonds. The van der Waals surface area contributed by atoms with Gasteiger partial charge >= 0.3 is 0 Å². The molecule has 5 nitrogen and oxygen atoms in total. The van der Waals surface area contributed by atoms with Crippen LogP contribution in [0.2, 0.25) is 0 Å². The molecule has 0 bridgehead atoms. The van der Waals surface area contributed by atoms with Crippen molar-refractivity contribution < 1.29 is 13.2 Å². The number of aryl methyl sites for hydroxylation is 3. The summed E-state index contributed by atoms with van der Waals surface area (Å²) in [7, 11) is -3.51. The van der Waals surface area contributed by atoms with Gasteiger partial charge in [0.15, 0.2) is 0 Å². The molecule has 0 spiro atoms. The fraction of sp³-hybridized carbons (Fsp3) is 0.458. The Morgan fingerprint density at radius 2 is 1.73 bits per heavy atom. The highest BCUT2D eigenvalue weighted by Crippen LogP contribution is 2.29. The molecule has 6 heteroatoms. The van der Waals surface area contributed by atoms with Crippen LogP contribution in [0.4, 0.5) is 5.69 Å². The molecule has 1 saturated heterocycles. The van der Waals surface area contributed by atoms with E-state index < -0.39 is 10.0 Å². The number of para-hydroxylation sites is 1. The van der Waals surface area contributed by atoms with Crippen molar-refractivity contribution in [3.8, 4) is 0 Å². The van der Waals surface area contributed by atoms with Crippen molar-refractivity contribution in [2.75, 3.05) is 18.4 Å². The van der Waals surface area contributed by atoms with Crippen molar-refractivity contribution in [3.63, 3.8) is 0 Å². The quantitative estimate of drug-likeness (QED) is 0.780. The van der Waals surface area contributed by atoms with E-state index in [1.807, 2.05) is 36.4 Å². The van der Waals surface area contributed by atoms with Crippen LogP contribution in [0.1, 0.15) is 49.3 Å². The lowest BCUT2D eigenvalue weighted by atomic mass is 9.92. The Kier molecular flexibility index (Phi) is 6.25. The Labute approximate surface area is 179 Å². The number of carbonyl (C=O) groups is 1. The maximum absolute atomic E-state index is 13.1. The Balaban J connectivity index is 1.40. The molecule has 0 saturated carbocycles. The van der Waals surface area contributed by atoms with E-state index in [-0.39, 0.29) is 11.8 Å². The smallest absolute Gasteiger partial charge is 0.243 e. The van der Waals surface area contributed by atoms with E-state index in [1.165, 1.54) is 17.5 Å². The highest BCUT2D eigenvalue weighted by Gasteiger charge is 2.32. The van der Waals surface area contributed by atoms with Gasteiger partial charge in [-0.05, 0) is 79.8 Å². The maximum Gasteiger partial charge on any atom is 0.243 e. The van der Waals surface area contributed by atoms with Crippen molar-refractivity contribution in [1.29, 1.82) is 0 Å². The fourth-order valence-corrected chi connectivity index (χ4v) is 6.08. The Hall–Kier alpha value is -2.18. The third-order valence-corrected chi connectivity index (χ3v) is 8.33. The number of piperidine rings is 1. The topological polar surface area (TPSA) is 66.5 Å². The van der Waals surface area contributed by atoms with Gasteiger partial charge in [-0.15, -0.1) is 0 Å². The van der Waals surface area contributed by atoms with Crippen LogP contribution in [0.3, 0.4) is 0 Å². The minimum absolute atomic E-state index is 0.0123. The molecule has 1 heterocycles. The zero-order chi connectivity index (χ0) is 21.1. The zero-order valence-electron chi connectivity index (χ0n) is 17.6. The van der Waals surface area contributed by atoms with E-state index in [4.69, 9.17) is 0 Å². The first-order valence-corrected chi connectivity index (χ1v) is 12.4. The second-order valence-electron chi connectivity index (χ2n) is 8.32. The van der Waals surface area contributed by atoms with Gasteiger partial charge in [-0.1, -0.05) is 31.2 Å². The number of sulfonamides is 1. The number of nitrogens with zero attached hydrogens (tertiary/aromatic N) is 1. The van der Waals surface area contributed by atoms with E-state index in [2.05, 4.69) is 12.2 Å². The lowest BCUT2D eigenvalue weighted by Gasteiger charge is -2.31. The van der Waals surface area contributed by atoms with Crippen LogP contribution < -0.4 is 5.32 Å². The molecule has 1 aliphatic carbocycles. The number of anilines is 1. The van der Waals surface area contributed by atoms with Crippen molar-refractivity contribution in [2.24, 2.45) is 5.92 Å². The van der Waals surface area contributed by atoms with Crippen molar-refractivity contribution in [2.45, 2.75) is 56.8 Å². The largest absolute Gasteiger partial charge is 0.326 e. The molecule has 0 aromatic heterocycles. The molecule has 1 aliphatic heterocycles. The first kappa shape index (κ1) is 21.1. The van der Waals surface area contributed by atoms with Gasteiger partial charge in [0.25, 0.3) is 0 Å². The molecule has 2 aromatic carbocycles. The standard InChI is InChI=1S/C24H30N2O3S/c1-2-18-7-5-6-10-23(18)25-24(27)20-13-15-26(16-14-20)30(28,29)22-12-11-19-8-3-4-9-21(19)17-22/h5-7,10-12,17,20H,2-4,8-9,13-16H2,1H3,(H,25,27). The van der Waals surface area contributed by atoms with Crippen molar-refractivity contribution in [3.05, 3.63) is 59.2 Å². The Morgan fingerprint density at radius 3 is 2.47 bits per heavy atom. The summed E-state index contributed by atoms with van der Waals surface area (Å²) in [5.74, 6) is -0.174. The molecule has 0 radical (unpaired) electrons. The normalized spacial score (nSPS) is 18.0. The predicted molar refractivity (Wildman–Crippen MR) is 119 cm³/mol. The van der Waals surface area contributed by atoms with Gasteiger partial charge in [0, 0.05) is 24.7 Å². The van der Waals surface area contributed by atoms with E-state index in [9.17, 15) is 13.2 Å². The molecule has 0 unspecified atom stereocenters. The minimum atomic E-state index is -3.51. The van der Waals surface area contributed by atoms with Crippen LogP contribution in [-0.4, -0.2) is 31.7 Å². The third kappa shape index (κ3) is 4.30. The van der Waals surface area contributed by atoms with E-state index in [1.54, 1.807) is 10.4 Å². The van der Waals surface area contributed by atoms with Gasteiger partial charge in [-0.2, -0.15) is 4.31 Å². The summed E-state index contributed by atoms with van der Waals surface area (Å²) in [6.45, 7) is 2.83. The van der Waals surface area contributed by atoms with Crippen LogP contribution >= 0.6 is 0 Å². The van der Waals surface area contributed by atoms with Gasteiger partial charge in [0.1, 0.15) is 0 Å². The molecule has 160 valence electrons. The van der Waals surface area contributed by atoms with Crippen LogP contribution in [-0.2, 0) is 34.1 Å². The number of carbonyl (C=O) groups excluding carboxylic acids is 1. The number of hydrogen-bond acceptors (Lipinski definition) is 3. The summed E-state index contributed by atoms with van der Waals surface area (Å²) in [6.07, 6.45) is 6.25. The first-order valence-electron chi connectivity index (χ1n) is 11.0. The fourth-order valence-electron chi connectivity index (χ4n) is 4.56. The molecule has 2 aromatic rings. The molecular weight excluding hydrogens is 396 g/mol. The monoisotopic (exact) mass is 426 g/mol. The Bertz CT molecular complexity index is 1020. The SMILES string of the molecule is CCc1ccccc1NC(=O)C1CCN(S(=O)(=O)c2ccc3c(c2)CCCC3)CC1. The van der Waals surface area contributed by atoms with Crippen LogP contribution in [0.25, 0.3) is 0 Å². The summed E-state index contributed by atoms with van der Waals surface area (Å²) in [5.41, 5.74) is 4.42. The molecule has 1 fully saturated rings. The first-order chi connectivity index (χ1) is 14.5. The summed E-state index contributed by atoms with van der Waals surface area (Å²) in [5, 5.41) is 3.04. The van der Waals surface area contributed by atoms with Gasteiger partial charge < -0.3 is 5.32 Å². The van der Waals surface area contributed by atoms with Crippen LogP contribution in [0.5, 0.6) is 0 Å². The van der Waals surface area contributed by atoms with E-state index in [0.717, 1.165) is 36.9 Å². The van der Waals surface area contributed by atoms with Crippen molar-refractivity contribution in [1.82, 2.24) is 4.31 Å². The second-order valence-corrected chi connectivity index (χ2v) is 10.3. The molecular formula is C24H30N2O3S. The second kappa shape index (κ2) is 8.90. The molecule has 2 aliphatic rings. The number of amides is 1. The van der Waals surface area contributed by atoms with Crippen LogP contribution in [0.15, 0.2) is 47.4 Å². The van der Waals surface area contributed by atoms with E-state index >= 15 is 0 Å². The summed E-state index contributed by atoms with van der Waals surface area (Å²) in [4.78, 5) is 13.1. The highest BCUT2D eigenvalue weighted by molar-refractivity contribution is 7.89. The van der Waals surface area contributed by atoms with Gasteiger partial charge in [-0.3, -0.25) is 4.79 Å². The van der Waals surface area contributed by atoms with Gasteiger partial charge in [0.05, 0.1) is 4.90 Å². The lowest BCUT2D eigenvalue weighted by molar-refractivity contribution is -0.120. The maximum atomic E-state index is 13.1. The zero-order valence-corrected chi connectivity index (χ0v) is 18.4. The third-order valence-electron chi connectivity index (χ3n) is 6.44. The van der Waals surface area contributed by atoms with Crippen molar-refractivity contribution >= 4 is 21.6 Å². The van der Waals surface area contributed by atoms with Gasteiger partial charge in [0.2, 0.25) is 15.9 Å². The highest BCUT2D eigenvalue weighted by atomic mass is 32.2. The summed E-state index contributed by atoms with van der Waals surface area (Å²) >= 11 is 0. The number of hydrogen-bond donors (Lipinski definition) is 1. The molecule has 1 N–H and O–H groups in total. The number of benzene rings is 2. The van der Waals surface area contributed by atoms with E-state index in [0.29, 0.717) is 30.8 Å². The minimum Gasteiger partial charge on any atom is -0.326 e.